The highest BCUT2D eigenvalue weighted by atomic mass is 35.5. The molecule has 0 atom stereocenters. The molecule has 4 rings (SSSR count). The van der Waals surface area contributed by atoms with Crippen LogP contribution in [0.5, 0.6) is 0 Å². The minimum absolute atomic E-state index is 0.216. The third-order valence-electron chi connectivity index (χ3n) is 5.28. The Labute approximate surface area is 180 Å². The van der Waals surface area contributed by atoms with Crippen LogP contribution in [0.3, 0.4) is 0 Å². The Kier molecular flexibility index (Phi) is 5.68. The van der Waals surface area contributed by atoms with E-state index >= 15 is 0 Å². The van der Waals surface area contributed by atoms with Gasteiger partial charge < -0.3 is 4.57 Å². The molecule has 1 amide bonds. The van der Waals surface area contributed by atoms with E-state index in [0.717, 1.165) is 39.3 Å². The Bertz CT molecular complexity index is 1240. The number of para-hydroxylation sites is 1. The fraction of sp³-hybridized carbons (Fsp3) is 0.120. The SMILES string of the molecule is Cc1ccccc1C(=O)N/N=C\c1c(C)n(Cc2ccc(Cl)cc2)c2ccccc12. The highest BCUT2D eigenvalue weighted by Crippen LogP contribution is 2.26. The molecule has 0 spiro atoms. The Morgan fingerprint density at radius 3 is 2.47 bits per heavy atom. The molecule has 3 aromatic carbocycles. The van der Waals surface area contributed by atoms with Gasteiger partial charge in [0.15, 0.2) is 0 Å². The van der Waals surface area contributed by atoms with Crippen LogP contribution in [-0.2, 0) is 6.54 Å². The van der Waals surface area contributed by atoms with Crippen LogP contribution < -0.4 is 5.43 Å². The van der Waals surface area contributed by atoms with Gasteiger partial charge in [-0.2, -0.15) is 5.10 Å². The van der Waals surface area contributed by atoms with E-state index in [1.165, 1.54) is 5.56 Å². The first-order valence-corrected chi connectivity index (χ1v) is 10.1. The summed E-state index contributed by atoms with van der Waals surface area (Å²) in [6, 6.07) is 23.6. The first-order chi connectivity index (χ1) is 14.5. The number of aromatic nitrogens is 1. The molecule has 1 N–H and O–H groups in total. The fourth-order valence-electron chi connectivity index (χ4n) is 3.64. The lowest BCUT2D eigenvalue weighted by atomic mass is 10.1. The summed E-state index contributed by atoms with van der Waals surface area (Å²) in [6.45, 7) is 4.71. The molecule has 0 bridgehead atoms. The van der Waals surface area contributed by atoms with Crippen molar-refractivity contribution >= 4 is 34.6 Å². The molecule has 30 heavy (non-hydrogen) atoms. The zero-order valence-electron chi connectivity index (χ0n) is 16.9. The number of halogens is 1. The normalized spacial score (nSPS) is 11.3. The minimum atomic E-state index is -0.216. The predicted octanol–water partition coefficient (Wildman–Crippen LogP) is 5.72. The van der Waals surface area contributed by atoms with Gasteiger partial charge in [0, 0.05) is 39.3 Å². The van der Waals surface area contributed by atoms with Gasteiger partial charge in [-0.1, -0.05) is 60.1 Å². The van der Waals surface area contributed by atoms with Gasteiger partial charge in [-0.25, -0.2) is 5.43 Å². The Morgan fingerprint density at radius 2 is 1.70 bits per heavy atom. The van der Waals surface area contributed by atoms with Crippen LogP contribution in [0.25, 0.3) is 10.9 Å². The number of amides is 1. The van der Waals surface area contributed by atoms with Crippen molar-refractivity contribution in [3.8, 4) is 0 Å². The van der Waals surface area contributed by atoms with E-state index in [9.17, 15) is 4.79 Å². The number of carbonyl (C=O) groups is 1. The molecule has 0 aliphatic heterocycles. The number of aryl methyl sites for hydroxylation is 1. The first-order valence-electron chi connectivity index (χ1n) is 9.76. The highest BCUT2D eigenvalue weighted by molar-refractivity contribution is 6.30. The van der Waals surface area contributed by atoms with E-state index in [1.807, 2.05) is 61.5 Å². The van der Waals surface area contributed by atoms with Crippen molar-refractivity contribution in [2.75, 3.05) is 0 Å². The second-order valence-electron chi connectivity index (χ2n) is 7.24. The summed E-state index contributed by atoms with van der Waals surface area (Å²) in [7, 11) is 0. The number of hydrogen-bond donors (Lipinski definition) is 1. The van der Waals surface area contributed by atoms with Gasteiger partial charge in [0.1, 0.15) is 0 Å². The van der Waals surface area contributed by atoms with E-state index in [2.05, 4.69) is 34.2 Å². The van der Waals surface area contributed by atoms with Crippen LogP contribution >= 0.6 is 11.6 Å². The monoisotopic (exact) mass is 415 g/mol. The van der Waals surface area contributed by atoms with E-state index < -0.39 is 0 Å². The molecule has 0 saturated heterocycles. The van der Waals surface area contributed by atoms with Gasteiger partial charge in [-0.3, -0.25) is 4.79 Å². The third kappa shape index (κ3) is 4.00. The zero-order chi connectivity index (χ0) is 21.1. The van der Waals surface area contributed by atoms with E-state index in [1.54, 1.807) is 12.3 Å². The summed E-state index contributed by atoms with van der Waals surface area (Å²) in [5.74, 6) is -0.216. The molecule has 1 heterocycles. The average molecular weight is 416 g/mol. The zero-order valence-corrected chi connectivity index (χ0v) is 17.6. The van der Waals surface area contributed by atoms with Gasteiger partial charge in [-0.05, 0) is 49.2 Å². The van der Waals surface area contributed by atoms with Crippen molar-refractivity contribution in [1.82, 2.24) is 9.99 Å². The summed E-state index contributed by atoms with van der Waals surface area (Å²) < 4.78 is 2.25. The van der Waals surface area contributed by atoms with E-state index in [0.29, 0.717) is 5.56 Å². The van der Waals surface area contributed by atoms with Crippen LogP contribution in [0, 0.1) is 13.8 Å². The van der Waals surface area contributed by atoms with Crippen molar-refractivity contribution in [3.63, 3.8) is 0 Å². The van der Waals surface area contributed by atoms with E-state index in [-0.39, 0.29) is 5.91 Å². The number of hydrogen-bond acceptors (Lipinski definition) is 2. The lowest BCUT2D eigenvalue weighted by Gasteiger charge is -2.09. The Morgan fingerprint density at radius 1 is 1.00 bits per heavy atom. The van der Waals surface area contributed by atoms with Crippen LogP contribution in [-0.4, -0.2) is 16.7 Å². The summed E-state index contributed by atoms with van der Waals surface area (Å²) in [6.07, 6.45) is 1.73. The van der Waals surface area contributed by atoms with E-state index in [4.69, 9.17) is 11.6 Å². The summed E-state index contributed by atoms with van der Waals surface area (Å²) in [5, 5.41) is 6.07. The second-order valence-corrected chi connectivity index (χ2v) is 7.68. The minimum Gasteiger partial charge on any atom is -0.340 e. The molecular weight excluding hydrogens is 394 g/mol. The number of rotatable bonds is 5. The molecule has 5 heteroatoms. The Balaban J connectivity index is 1.63. The standard InChI is InChI=1S/C25H22ClN3O/c1-17-7-3-4-8-21(17)25(30)28-27-15-23-18(2)29(24-10-6-5-9-22(23)24)16-19-11-13-20(26)14-12-19/h3-15H,16H2,1-2H3,(H,28,30)/b27-15-. The average Bonchev–Trinajstić information content (AvgIpc) is 3.01. The molecule has 0 aliphatic rings. The van der Waals surface area contributed by atoms with Crippen molar-refractivity contribution in [3.05, 3.63) is 106 Å². The summed E-state index contributed by atoms with van der Waals surface area (Å²) in [5.41, 5.74) is 8.55. The van der Waals surface area contributed by atoms with Gasteiger partial charge in [0.25, 0.3) is 5.91 Å². The molecular formula is C25H22ClN3O. The quantitative estimate of drug-likeness (QED) is 0.328. The molecule has 1 aromatic heterocycles. The second kappa shape index (κ2) is 8.56. The van der Waals surface area contributed by atoms with Crippen molar-refractivity contribution in [1.29, 1.82) is 0 Å². The number of hydrazone groups is 1. The largest absolute Gasteiger partial charge is 0.340 e. The Hall–Kier alpha value is -3.37. The van der Waals surface area contributed by atoms with Gasteiger partial charge in [0.05, 0.1) is 6.21 Å². The number of fused-ring (bicyclic) bond motifs is 1. The predicted molar refractivity (Wildman–Crippen MR) is 123 cm³/mol. The van der Waals surface area contributed by atoms with Crippen LogP contribution in [0.15, 0.2) is 77.9 Å². The lowest BCUT2D eigenvalue weighted by Crippen LogP contribution is -2.18. The molecule has 0 unspecified atom stereocenters. The lowest BCUT2D eigenvalue weighted by molar-refractivity contribution is 0.0954. The molecule has 4 nitrogen and oxygen atoms in total. The molecule has 0 fully saturated rings. The molecule has 150 valence electrons. The van der Waals surface area contributed by atoms with Gasteiger partial charge >= 0.3 is 0 Å². The topological polar surface area (TPSA) is 46.4 Å². The fourth-order valence-corrected chi connectivity index (χ4v) is 3.77. The molecule has 0 saturated carbocycles. The highest BCUT2D eigenvalue weighted by Gasteiger charge is 2.13. The smallest absolute Gasteiger partial charge is 0.271 e. The molecule has 0 aliphatic carbocycles. The number of nitrogens with one attached hydrogen (secondary N) is 1. The third-order valence-corrected chi connectivity index (χ3v) is 5.54. The number of benzene rings is 3. The molecule has 0 radical (unpaired) electrons. The maximum atomic E-state index is 12.4. The van der Waals surface area contributed by atoms with Crippen molar-refractivity contribution < 1.29 is 4.79 Å². The number of nitrogens with zero attached hydrogens (tertiary/aromatic N) is 2. The summed E-state index contributed by atoms with van der Waals surface area (Å²) >= 11 is 6.02. The van der Waals surface area contributed by atoms with Gasteiger partial charge in [0.2, 0.25) is 0 Å². The first kappa shape index (κ1) is 19.9. The van der Waals surface area contributed by atoms with Crippen molar-refractivity contribution in [2.24, 2.45) is 5.10 Å². The van der Waals surface area contributed by atoms with Crippen LogP contribution in [0.1, 0.15) is 32.7 Å². The van der Waals surface area contributed by atoms with Gasteiger partial charge in [-0.15, -0.1) is 0 Å². The van der Waals surface area contributed by atoms with Crippen LogP contribution in [0.4, 0.5) is 0 Å². The maximum absolute atomic E-state index is 12.4. The van der Waals surface area contributed by atoms with Crippen molar-refractivity contribution in [2.45, 2.75) is 20.4 Å². The maximum Gasteiger partial charge on any atom is 0.271 e. The number of carbonyl (C=O) groups excluding carboxylic acids is 1. The molecule has 4 aromatic rings. The van der Waals surface area contributed by atoms with Crippen LogP contribution in [0.2, 0.25) is 5.02 Å². The summed E-state index contributed by atoms with van der Waals surface area (Å²) in [4.78, 5) is 12.4.